The average molecular weight is 167 g/mol. The molecule has 0 radical (unpaired) electrons. The molecule has 0 aliphatic rings. The fraction of sp³-hybridized carbons (Fsp3) is 0.500. The smallest absolute Gasteiger partial charge is 0.332 e. The van der Waals surface area contributed by atoms with Crippen molar-refractivity contribution in [2.45, 2.75) is 13.0 Å². The van der Waals surface area contributed by atoms with E-state index in [1.165, 1.54) is 13.0 Å². The van der Waals surface area contributed by atoms with Gasteiger partial charge in [0.1, 0.15) is 0 Å². The van der Waals surface area contributed by atoms with Crippen molar-refractivity contribution in [1.29, 1.82) is 0 Å². The van der Waals surface area contributed by atoms with Gasteiger partial charge in [0, 0.05) is 0 Å². The fourth-order valence-electron chi connectivity index (χ4n) is 0.284. The Balaban J connectivity index is 0. The van der Waals surface area contributed by atoms with Gasteiger partial charge in [-0.2, -0.15) is 0 Å². The first kappa shape index (κ1) is 12.2. The molecule has 0 fully saturated rings. The predicted octanol–water partition coefficient (Wildman–Crippen LogP) is 1.08. The third kappa shape index (κ3) is 5.59. The standard InChI is InChI=1S/C6H10O3.ClH/c1-3-4-9-5(2)6(7)8;/h3,5H,1,4H2,2H3,(H,7,8);1H/t5-;/m0./s1. The molecule has 4 heteroatoms. The Morgan fingerprint density at radius 3 is 2.70 bits per heavy atom. The molecule has 0 saturated heterocycles. The number of carboxylic acid groups (broad SMARTS) is 1. The number of carbonyl (C=O) groups is 1. The molecule has 10 heavy (non-hydrogen) atoms. The van der Waals surface area contributed by atoms with Crippen molar-refractivity contribution < 1.29 is 14.6 Å². The summed E-state index contributed by atoms with van der Waals surface area (Å²) in [6.45, 7) is 5.14. The van der Waals surface area contributed by atoms with Crippen molar-refractivity contribution in [3.05, 3.63) is 12.7 Å². The molecule has 0 bridgehead atoms. The molecule has 0 unspecified atom stereocenters. The molecule has 0 amide bonds. The first-order chi connectivity index (χ1) is 4.18. The fourth-order valence-corrected chi connectivity index (χ4v) is 0.284. The Kier molecular flexibility index (Phi) is 8.00. The minimum atomic E-state index is -0.947. The van der Waals surface area contributed by atoms with Crippen LogP contribution < -0.4 is 0 Å². The van der Waals surface area contributed by atoms with E-state index >= 15 is 0 Å². The molecule has 60 valence electrons. The van der Waals surface area contributed by atoms with Crippen LogP contribution in [0.4, 0.5) is 0 Å². The normalized spacial score (nSPS) is 11.3. The van der Waals surface area contributed by atoms with E-state index < -0.39 is 12.1 Å². The van der Waals surface area contributed by atoms with Crippen LogP contribution in [-0.4, -0.2) is 23.8 Å². The van der Waals surface area contributed by atoms with Crippen molar-refractivity contribution in [3.8, 4) is 0 Å². The first-order valence-corrected chi connectivity index (χ1v) is 2.63. The maximum atomic E-state index is 10.0. The van der Waals surface area contributed by atoms with E-state index in [0.717, 1.165) is 0 Å². The maximum Gasteiger partial charge on any atom is 0.332 e. The minimum Gasteiger partial charge on any atom is -0.479 e. The lowest BCUT2D eigenvalue weighted by Crippen LogP contribution is -2.19. The van der Waals surface area contributed by atoms with Crippen LogP contribution in [-0.2, 0) is 9.53 Å². The summed E-state index contributed by atoms with van der Waals surface area (Å²) in [6.07, 6.45) is 0.780. The first-order valence-electron chi connectivity index (χ1n) is 2.63. The minimum absolute atomic E-state index is 0. The molecule has 0 aliphatic heterocycles. The highest BCUT2D eigenvalue weighted by Gasteiger charge is 2.08. The summed E-state index contributed by atoms with van der Waals surface area (Å²) in [6, 6.07) is 0. The van der Waals surface area contributed by atoms with Crippen molar-refractivity contribution in [3.63, 3.8) is 0 Å². The summed E-state index contributed by atoms with van der Waals surface area (Å²) in [4.78, 5) is 10.0. The van der Waals surface area contributed by atoms with Crippen LogP contribution >= 0.6 is 12.4 Å². The molecule has 0 saturated carbocycles. The zero-order valence-corrected chi connectivity index (χ0v) is 6.56. The predicted molar refractivity (Wildman–Crippen MR) is 40.5 cm³/mol. The second kappa shape index (κ2) is 6.58. The van der Waals surface area contributed by atoms with Crippen molar-refractivity contribution in [1.82, 2.24) is 0 Å². The number of hydrogen-bond donors (Lipinski definition) is 1. The largest absolute Gasteiger partial charge is 0.479 e. The SMILES string of the molecule is C=CCO[C@@H](C)C(=O)O.Cl. The van der Waals surface area contributed by atoms with E-state index in [-0.39, 0.29) is 19.0 Å². The lowest BCUT2D eigenvalue weighted by atomic mass is 10.4. The Morgan fingerprint density at radius 1 is 1.90 bits per heavy atom. The van der Waals surface area contributed by atoms with Crippen LogP contribution in [0.2, 0.25) is 0 Å². The summed E-state index contributed by atoms with van der Waals surface area (Å²) in [5, 5.41) is 8.25. The molecular weight excluding hydrogens is 156 g/mol. The molecule has 1 N–H and O–H groups in total. The Labute approximate surface area is 66.1 Å². The van der Waals surface area contributed by atoms with Gasteiger partial charge in [0.25, 0.3) is 0 Å². The molecule has 0 heterocycles. The van der Waals surface area contributed by atoms with Gasteiger partial charge in [-0.05, 0) is 6.92 Å². The average Bonchev–Trinajstić information content (AvgIpc) is 1.82. The van der Waals surface area contributed by atoms with Gasteiger partial charge in [0.2, 0.25) is 0 Å². The molecule has 0 aromatic carbocycles. The highest BCUT2D eigenvalue weighted by atomic mass is 35.5. The third-order valence-corrected chi connectivity index (χ3v) is 0.812. The molecule has 0 aliphatic carbocycles. The number of halogens is 1. The second-order valence-corrected chi connectivity index (χ2v) is 1.60. The van der Waals surface area contributed by atoms with Gasteiger partial charge >= 0.3 is 5.97 Å². The van der Waals surface area contributed by atoms with E-state index in [1.54, 1.807) is 0 Å². The van der Waals surface area contributed by atoms with E-state index in [9.17, 15) is 4.79 Å². The van der Waals surface area contributed by atoms with E-state index in [4.69, 9.17) is 9.84 Å². The lowest BCUT2D eigenvalue weighted by Gasteiger charge is -2.03. The molecule has 3 nitrogen and oxygen atoms in total. The van der Waals surface area contributed by atoms with E-state index in [0.29, 0.717) is 0 Å². The summed E-state index contributed by atoms with van der Waals surface area (Å²) >= 11 is 0. The van der Waals surface area contributed by atoms with Crippen LogP contribution in [0.25, 0.3) is 0 Å². The summed E-state index contributed by atoms with van der Waals surface area (Å²) in [5.74, 6) is -0.947. The molecule has 0 spiro atoms. The number of aliphatic carboxylic acids is 1. The van der Waals surface area contributed by atoms with Gasteiger partial charge in [-0.15, -0.1) is 19.0 Å². The van der Waals surface area contributed by atoms with Gasteiger partial charge in [0.05, 0.1) is 6.61 Å². The van der Waals surface area contributed by atoms with Crippen molar-refractivity contribution in [2.75, 3.05) is 6.61 Å². The number of rotatable bonds is 4. The Hall–Kier alpha value is -0.540. The number of carboxylic acids is 1. The Bertz CT molecular complexity index is 114. The maximum absolute atomic E-state index is 10.0. The van der Waals surface area contributed by atoms with Gasteiger partial charge in [-0.3, -0.25) is 0 Å². The zero-order chi connectivity index (χ0) is 7.28. The number of hydrogen-bond acceptors (Lipinski definition) is 2. The third-order valence-electron chi connectivity index (χ3n) is 0.812. The molecule has 0 aromatic rings. The highest BCUT2D eigenvalue weighted by molar-refractivity contribution is 5.85. The summed E-state index contributed by atoms with van der Waals surface area (Å²) in [5.41, 5.74) is 0. The molecule has 1 atom stereocenters. The summed E-state index contributed by atoms with van der Waals surface area (Å²) < 4.78 is 4.73. The molecule has 0 rings (SSSR count). The van der Waals surface area contributed by atoms with Gasteiger partial charge in [-0.25, -0.2) is 4.79 Å². The van der Waals surface area contributed by atoms with Crippen LogP contribution in [0.3, 0.4) is 0 Å². The second-order valence-electron chi connectivity index (χ2n) is 1.60. The molecular formula is C6H11ClO3. The van der Waals surface area contributed by atoms with Crippen LogP contribution in [0, 0.1) is 0 Å². The van der Waals surface area contributed by atoms with Gasteiger partial charge < -0.3 is 9.84 Å². The van der Waals surface area contributed by atoms with Crippen LogP contribution in [0.5, 0.6) is 0 Å². The van der Waals surface area contributed by atoms with E-state index in [1.807, 2.05) is 0 Å². The quantitative estimate of drug-likeness (QED) is 0.636. The van der Waals surface area contributed by atoms with Crippen molar-refractivity contribution in [2.24, 2.45) is 0 Å². The monoisotopic (exact) mass is 166 g/mol. The topological polar surface area (TPSA) is 46.5 Å². The van der Waals surface area contributed by atoms with E-state index in [2.05, 4.69) is 6.58 Å². The van der Waals surface area contributed by atoms with Crippen LogP contribution in [0.1, 0.15) is 6.92 Å². The van der Waals surface area contributed by atoms with Crippen molar-refractivity contribution >= 4 is 18.4 Å². The highest BCUT2D eigenvalue weighted by Crippen LogP contribution is 1.88. The molecule has 0 aromatic heterocycles. The Morgan fingerprint density at radius 2 is 2.40 bits per heavy atom. The lowest BCUT2D eigenvalue weighted by molar-refractivity contribution is -0.148. The summed E-state index contributed by atoms with van der Waals surface area (Å²) in [7, 11) is 0. The van der Waals surface area contributed by atoms with Crippen LogP contribution in [0.15, 0.2) is 12.7 Å². The van der Waals surface area contributed by atoms with Gasteiger partial charge in [0.15, 0.2) is 6.10 Å². The zero-order valence-electron chi connectivity index (χ0n) is 5.74. The van der Waals surface area contributed by atoms with Gasteiger partial charge in [-0.1, -0.05) is 6.08 Å². The number of ether oxygens (including phenoxy) is 1.